The van der Waals surface area contributed by atoms with Gasteiger partial charge >= 0.3 is 0 Å². The van der Waals surface area contributed by atoms with Crippen molar-refractivity contribution in [3.8, 4) is 0 Å². The van der Waals surface area contributed by atoms with Gasteiger partial charge in [-0.3, -0.25) is 0 Å². The first-order valence-corrected chi connectivity index (χ1v) is 16.4. The Bertz CT molecular complexity index is 1020. The molecule has 0 unspecified atom stereocenters. The summed E-state index contributed by atoms with van der Waals surface area (Å²) in [5.74, 6) is 2.30. The zero-order chi connectivity index (χ0) is 29.1. The highest BCUT2D eigenvalue weighted by Crippen LogP contribution is 2.71. The third-order valence-corrected chi connectivity index (χ3v) is 13.8. The minimum Gasteiger partial charge on any atom is -0.393 e. The van der Waals surface area contributed by atoms with Crippen LogP contribution in [0.1, 0.15) is 85.5 Å². The van der Waals surface area contributed by atoms with Crippen LogP contribution in [0.5, 0.6) is 0 Å². The van der Waals surface area contributed by atoms with Gasteiger partial charge in [0.25, 0.3) is 0 Å². The molecule has 3 aliphatic heterocycles. The van der Waals surface area contributed by atoms with Gasteiger partial charge in [0, 0.05) is 18.8 Å². The first kappa shape index (κ1) is 29.1. The first-order chi connectivity index (χ1) is 19.4. The van der Waals surface area contributed by atoms with Crippen LogP contribution in [0.4, 0.5) is 0 Å². The summed E-state index contributed by atoms with van der Waals surface area (Å²) in [5.41, 5.74) is 1.20. The number of hydrogen-bond donors (Lipinski definition) is 4. The molecule has 3 heterocycles. The van der Waals surface area contributed by atoms with Gasteiger partial charge in [0.1, 0.15) is 18.3 Å². The van der Waals surface area contributed by atoms with E-state index < -0.39 is 42.6 Å². The number of aliphatic hydroxyl groups is 4. The lowest BCUT2D eigenvalue weighted by molar-refractivity contribution is -0.328. The number of aliphatic hydroxyl groups excluding tert-OH is 4. The lowest BCUT2D eigenvalue weighted by atomic mass is 9.43. The highest BCUT2D eigenvalue weighted by Gasteiger charge is 2.70. The summed E-state index contributed by atoms with van der Waals surface area (Å²) in [6.45, 7) is 13.7. The number of hydrogen-bond acceptors (Lipinski definition) is 8. The second kappa shape index (κ2) is 9.96. The van der Waals surface area contributed by atoms with Crippen molar-refractivity contribution in [1.29, 1.82) is 0 Å². The molecule has 0 radical (unpaired) electrons. The molecule has 0 aromatic carbocycles. The van der Waals surface area contributed by atoms with E-state index >= 15 is 0 Å². The van der Waals surface area contributed by atoms with Crippen molar-refractivity contribution in [2.45, 2.75) is 140 Å². The van der Waals surface area contributed by atoms with E-state index in [4.69, 9.17) is 18.9 Å². The van der Waals surface area contributed by atoms with Crippen LogP contribution in [0.15, 0.2) is 12.2 Å². The Hall–Kier alpha value is -0.580. The normalized spacial score (nSPS) is 60.3. The van der Waals surface area contributed by atoms with E-state index in [2.05, 4.69) is 27.4 Å². The van der Waals surface area contributed by atoms with Gasteiger partial charge in [0.05, 0.1) is 31.0 Å². The Morgan fingerprint density at radius 2 is 1.68 bits per heavy atom. The third-order valence-electron chi connectivity index (χ3n) is 13.8. The summed E-state index contributed by atoms with van der Waals surface area (Å²) in [4.78, 5) is 0. The fourth-order valence-electron chi connectivity index (χ4n) is 11.6. The molecule has 7 aliphatic rings. The first-order valence-electron chi connectivity index (χ1n) is 16.4. The SMILES string of the molecule is C=C1CC[C@]2(OC1)O[C@H]1C[C@H]3[C@@H]4CC[C@H]5C[C@H](O)C[C@@H](O[C@@H]6O[C@H](C)[C@H](O)[C@H](O)[C@H]6O)[C@]5(C)[C@H]4CC[C@]3(C)[C@H]1[C@@H]2C. The topological polar surface area (TPSA) is 118 Å². The predicted octanol–water partition coefficient (Wildman–Crippen LogP) is 3.54. The second-order valence-corrected chi connectivity index (χ2v) is 15.5. The lowest BCUT2D eigenvalue weighted by Gasteiger charge is -2.63. The van der Waals surface area contributed by atoms with E-state index in [1.807, 2.05) is 0 Å². The fourth-order valence-corrected chi connectivity index (χ4v) is 11.6. The molecular formula is C33H52O8. The highest BCUT2D eigenvalue weighted by atomic mass is 16.7. The maximum atomic E-state index is 10.9. The summed E-state index contributed by atoms with van der Waals surface area (Å²) >= 11 is 0. The third kappa shape index (κ3) is 4.14. The van der Waals surface area contributed by atoms with Crippen LogP contribution < -0.4 is 0 Å². The Morgan fingerprint density at radius 1 is 0.902 bits per heavy atom. The Labute approximate surface area is 244 Å². The monoisotopic (exact) mass is 576 g/mol. The van der Waals surface area contributed by atoms with Crippen molar-refractivity contribution in [2.75, 3.05) is 6.61 Å². The average Bonchev–Trinajstić information content (AvgIpc) is 3.38. The van der Waals surface area contributed by atoms with Crippen LogP contribution >= 0.6 is 0 Å². The molecule has 4 aliphatic carbocycles. The van der Waals surface area contributed by atoms with Crippen molar-refractivity contribution in [3.63, 3.8) is 0 Å². The molecule has 41 heavy (non-hydrogen) atoms. The largest absolute Gasteiger partial charge is 0.393 e. The van der Waals surface area contributed by atoms with Crippen molar-refractivity contribution in [2.24, 2.45) is 46.3 Å². The van der Waals surface area contributed by atoms with Crippen LogP contribution in [0.25, 0.3) is 0 Å². The molecule has 7 rings (SSSR count). The molecule has 1 spiro atoms. The number of ether oxygens (including phenoxy) is 4. The molecule has 8 heteroatoms. The maximum Gasteiger partial charge on any atom is 0.186 e. The van der Waals surface area contributed by atoms with Gasteiger partial charge in [-0.1, -0.05) is 32.9 Å². The van der Waals surface area contributed by atoms with Gasteiger partial charge < -0.3 is 39.4 Å². The molecule has 4 N–H and O–H groups in total. The van der Waals surface area contributed by atoms with E-state index in [-0.39, 0.29) is 23.0 Å². The molecule has 0 amide bonds. The van der Waals surface area contributed by atoms with Crippen molar-refractivity contribution >= 4 is 0 Å². The molecule has 7 fully saturated rings. The number of fused-ring (bicyclic) bond motifs is 7. The molecule has 8 nitrogen and oxygen atoms in total. The molecule has 3 saturated heterocycles. The van der Waals surface area contributed by atoms with Crippen molar-refractivity contribution in [1.82, 2.24) is 0 Å². The lowest BCUT2D eigenvalue weighted by Crippen LogP contribution is -2.63. The zero-order valence-corrected chi connectivity index (χ0v) is 25.3. The molecule has 0 aromatic heterocycles. The molecular weight excluding hydrogens is 524 g/mol. The smallest absolute Gasteiger partial charge is 0.186 e. The van der Waals surface area contributed by atoms with Gasteiger partial charge in [-0.2, -0.15) is 0 Å². The van der Waals surface area contributed by atoms with Crippen molar-refractivity contribution in [3.05, 3.63) is 12.2 Å². The predicted molar refractivity (Wildman–Crippen MR) is 150 cm³/mol. The quantitative estimate of drug-likeness (QED) is 0.369. The standard InChI is InChI=1S/C33H52O8/c1-16-8-11-33(38-15-16)17(2)26-24(41-33)14-23-21-7-6-19-12-20(34)13-25(32(19,5)22(21)9-10-31(23,26)4)40-30-29(37)28(36)27(35)18(3)39-30/h17-30,34-37H,1,6-15H2,2-5H3/t17-,18+,19-,20-,21+,22-,23-,24-,25+,26-,27-,28-,29+,30-,31-,32-,33-/m0/s1. The molecule has 0 bridgehead atoms. The minimum atomic E-state index is -1.34. The van der Waals surface area contributed by atoms with E-state index in [1.165, 1.54) is 12.0 Å². The number of rotatable bonds is 2. The van der Waals surface area contributed by atoms with Crippen LogP contribution in [0, 0.1) is 46.3 Å². The second-order valence-electron chi connectivity index (χ2n) is 15.5. The molecule has 232 valence electrons. The summed E-state index contributed by atoms with van der Waals surface area (Å²) in [6, 6.07) is 0. The van der Waals surface area contributed by atoms with E-state index in [1.54, 1.807) is 6.92 Å². The van der Waals surface area contributed by atoms with Gasteiger partial charge in [0.2, 0.25) is 0 Å². The zero-order valence-electron chi connectivity index (χ0n) is 25.3. The summed E-state index contributed by atoms with van der Waals surface area (Å²) < 4.78 is 25.8. The van der Waals surface area contributed by atoms with Gasteiger partial charge in [-0.05, 0) is 92.3 Å². The Balaban J connectivity index is 1.14. The Morgan fingerprint density at radius 3 is 2.41 bits per heavy atom. The van der Waals surface area contributed by atoms with Gasteiger partial charge in [0.15, 0.2) is 12.1 Å². The van der Waals surface area contributed by atoms with Crippen LogP contribution in [0.2, 0.25) is 0 Å². The van der Waals surface area contributed by atoms with Crippen LogP contribution in [-0.2, 0) is 18.9 Å². The summed E-state index contributed by atoms with van der Waals surface area (Å²) in [5, 5.41) is 42.4. The van der Waals surface area contributed by atoms with E-state index in [0.29, 0.717) is 48.5 Å². The Kier molecular flexibility index (Phi) is 7.08. The molecule has 4 saturated carbocycles. The average molecular weight is 577 g/mol. The van der Waals surface area contributed by atoms with Crippen LogP contribution in [0.3, 0.4) is 0 Å². The fraction of sp³-hybridized carbons (Fsp3) is 0.939. The summed E-state index contributed by atoms with van der Waals surface area (Å²) in [7, 11) is 0. The summed E-state index contributed by atoms with van der Waals surface area (Å²) in [6.07, 6.45) is 2.71. The van der Waals surface area contributed by atoms with E-state index in [9.17, 15) is 20.4 Å². The minimum absolute atomic E-state index is 0.172. The van der Waals surface area contributed by atoms with E-state index in [0.717, 1.165) is 44.9 Å². The molecule has 0 aromatic rings. The maximum absolute atomic E-state index is 10.9. The highest BCUT2D eigenvalue weighted by molar-refractivity contribution is 5.17. The van der Waals surface area contributed by atoms with Crippen LogP contribution in [-0.4, -0.2) is 81.8 Å². The van der Waals surface area contributed by atoms with Crippen molar-refractivity contribution < 1.29 is 39.4 Å². The van der Waals surface area contributed by atoms with Gasteiger partial charge in [-0.15, -0.1) is 0 Å². The van der Waals surface area contributed by atoms with Gasteiger partial charge in [-0.25, -0.2) is 0 Å². The molecule has 17 atom stereocenters.